The summed E-state index contributed by atoms with van der Waals surface area (Å²) in [6.07, 6.45) is 1.75. The summed E-state index contributed by atoms with van der Waals surface area (Å²) in [6, 6.07) is 0. The van der Waals surface area contributed by atoms with Crippen molar-refractivity contribution in [2.45, 2.75) is 38.4 Å². The molecule has 1 aromatic rings. The molecule has 7 heteroatoms. The van der Waals surface area contributed by atoms with Crippen LogP contribution in [0.25, 0.3) is 0 Å². The Morgan fingerprint density at radius 2 is 2.26 bits per heavy atom. The lowest BCUT2D eigenvalue weighted by atomic mass is 10.1. The molecule has 1 unspecified atom stereocenters. The van der Waals surface area contributed by atoms with Gasteiger partial charge in [0.15, 0.2) is 5.16 Å². The van der Waals surface area contributed by atoms with Crippen LogP contribution in [0.5, 0.6) is 0 Å². The zero-order valence-electron chi connectivity index (χ0n) is 11.6. The number of aromatic nitrogens is 3. The smallest absolute Gasteiger partial charge is 0.313 e. The van der Waals surface area contributed by atoms with Crippen molar-refractivity contribution in [3.8, 4) is 0 Å². The van der Waals surface area contributed by atoms with E-state index in [0.29, 0.717) is 17.7 Å². The van der Waals surface area contributed by atoms with Crippen molar-refractivity contribution in [2.24, 2.45) is 5.92 Å². The molecule has 0 aliphatic carbocycles. The standard InChI is InChI=1S/C12H21N3O3S/c1-4-5-15-10(6-9(2)7-18-3)13-14-12(15)19-8-11(16)17/h9H,4-8H2,1-3H3,(H,16,17). The van der Waals surface area contributed by atoms with E-state index in [0.717, 1.165) is 25.2 Å². The van der Waals surface area contributed by atoms with Gasteiger partial charge < -0.3 is 14.4 Å². The van der Waals surface area contributed by atoms with Gasteiger partial charge in [0.05, 0.1) is 5.75 Å². The Morgan fingerprint density at radius 1 is 1.53 bits per heavy atom. The first kappa shape index (κ1) is 16.0. The second-order valence-electron chi connectivity index (χ2n) is 4.50. The Balaban J connectivity index is 2.77. The van der Waals surface area contributed by atoms with Gasteiger partial charge in [0.25, 0.3) is 0 Å². The third kappa shape index (κ3) is 5.20. The third-order valence-corrected chi connectivity index (χ3v) is 3.50. The van der Waals surface area contributed by atoms with Gasteiger partial charge in [0.2, 0.25) is 0 Å². The number of aliphatic carboxylic acids is 1. The predicted octanol–water partition coefficient (Wildman–Crippen LogP) is 1.69. The number of thioether (sulfide) groups is 1. The summed E-state index contributed by atoms with van der Waals surface area (Å²) in [5, 5.41) is 17.7. The normalized spacial score (nSPS) is 12.6. The van der Waals surface area contributed by atoms with E-state index in [-0.39, 0.29) is 5.75 Å². The largest absolute Gasteiger partial charge is 0.481 e. The van der Waals surface area contributed by atoms with E-state index in [1.54, 1.807) is 7.11 Å². The molecule has 0 aromatic carbocycles. The molecule has 108 valence electrons. The van der Waals surface area contributed by atoms with Gasteiger partial charge in [-0.15, -0.1) is 10.2 Å². The van der Waals surface area contributed by atoms with Crippen molar-refractivity contribution in [1.29, 1.82) is 0 Å². The maximum Gasteiger partial charge on any atom is 0.313 e. The Kier molecular flexibility index (Phi) is 6.86. The van der Waals surface area contributed by atoms with Crippen LogP contribution in [0, 0.1) is 5.92 Å². The Hall–Kier alpha value is -1.08. The molecule has 0 saturated carbocycles. The van der Waals surface area contributed by atoms with Crippen LogP contribution in [0.15, 0.2) is 5.16 Å². The van der Waals surface area contributed by atoms with E-state index in [1.807, 2.05) is 4.57 Å². The highest BCUT2D eigenvalue weighted by Crippen LogP contribution is 2.19. The number of ether oxygens (including phenoxy) is 1. The van der Waals surface area contributed by atoms with Gasteiger partial charge in [0, 0.05) is 26.7 Å². The Morgan fingerprint density at radius 3 is 2.84 bits per heavy atom. The number of nitrogens with zero attached hydrogens (tertiary/aromatic N) is 3. The summed E-state index contributed by atoms with van der Waals surface area (Å²) in [5.41, 5.74) is 0. The molecule has 0 spiro atoms. The lowest BCUT2D eigenvalue weighted by Gasteiger charge is -2.12. The highest BCUT2D eigenvalue weighted by atomic mass is 32.2. The van der Waals surface area contributed by atoms with Gasteiger partial charge >= 0.3 is 5.97 Å². The highest BCUT2D eigenvalue weighted by molar-refractivity contribution is 7.99. The van der Waals surface area contributed by atoms with Crippen LogP contribution in [0.1, 0.15) is 26.1 Å². The molecule has 1 heterocycles. The molecule has 0 saturated heterocycles. The van der Waals surface area contributed by atoms with Gasteiger partial charge in [-0.25, -0.2) is 0 Å². The van der Waals surface area contributed by atoms with Crippen molar-refractivity contribution in [1.82, 2.24) is 14.8 Å². The Bertz CT molecular complexity index is 409. The molecule has 0 bridgehead atoms. The molecule has 0 amide bonds. The van der Waals surface area contributed by atoms with Gasteiger partial charge in [-0.3, -0.25) is 4.79 Å². The van der Waals surface area contributed by atoms with Crippen molar-refractivity contribution >= 4 is 17.7 Å². The monoisotopic (exact) mass is 287 g/mol. The first-order chi connectivity index (χ1) is 9.08. The van der Waals surface area contributed by atoms with Crippen LogP contribution in [0.2, 0.25) is 0 Å². The number of rotatable bonds is 9. The summed E-state index contributed by atoms with van der Waals surface area (Å²) < 4.78 is 7.13. The fourth-order valence-corrected chi connectivity index (χ4v) is 2.51. The fraction of sp³-hybridized carbons (Fsp3) is 0.750. The molecule has 0 fully saturated rings. The molecular weight excluding hydrogens is 266 g/mol. The van der Waals surface area contributed by atoms with E-state index in [1.165, 1.54) is 11.8 Å². The summed E-state index contributed by atoms with van der Waals surface area (Å²) in [7, 11) is 1.68. The van der Waals surface area contributed by atoms with Crippen LogP contribution in [0.3, 0.4) is 0 Å². The van der Waals surface area contributed by atoms with Gasteiger partial charge in [-0.05, 0) is 12.3 Å². The molecule has 1 atom stereocenters. The highest BCUT2D eigenvalue weighted by Gasteiger charge is 2.15. The molecule has 1 aromatic heterocycles. The van der Waals surface area contributed by atoms with Crippen molar-refractivity contribution in [2.75, 3.05) is 19.5 Å². The minimum absolute atomic E-state index is 0.00940. The second-order valence-corrected chi connectivity index (χ2v) is 5.44. The molecule has 0 radical (unpaired) electrons. The van der Waals surface area contributed by atoms with Crippen molar-refractivity contribution in [3.63, 3.8) is 0 Å². The maximum atomic E-state index is 10.6. The van der Waals surface area contributed by atoms with Crippen LogP contribution in [-0.2, 0) is 22.5 Å². The average molecular weight is 287 g/mol. The Labute approximate surface area is 117 Å². The maximum absolute atomic E-state index is 10.6. The number of hydrogen-bond acceptors (Lipinski definition) is 5. The van der Waals surface area contributed by atoms with Gasteiger partial charge in [-0.2, -0.15) is 0 Å². The number of carboxylic acid groups (broad SMARTS) is 1. The zero-order chi connectivity index (χ0) is 14.3. The summed E-state index contributed by atoms with van der Waals surface area (Å²) >= 11 is 1.21. The first-order valence-electron chi connectivity index (χ1n) is 6.34. The van der Waals surface area contributed by atoms with Gasteiger partial charge in [-0.1, -0.05) is 25.6 Å². The van der Waals surface area contributed by atoms with E-state index >= 15 is 0 Å². The molecule has 0 aliphatic rings. The fourth-order valence-electron chi connectivity index (χ4n) is 1.81. The van der Waals surface area contributed by atoms with Crippen LogP contribution < -0.4 is 0 Å². The lowest BCUT2D eigenvalue weighted by molar-refractivity contribution is -0.133. The lowest BCUT2D eigenvalue weighted by Crippen LogP contribution is -2.13. The number of carbonyl (C=O) groups is 1. The number of carboxylic acids is 1. The average Bonchev–Trinajstić information content (AvgIpc) is 2.70. The molecule has 6 nitrogen and oxygen atoms in total. The summed E-state index contributed by atoms with van der Waals surface area (Å²) in [5.74, 6) is 0.432. The van der Waals surface area contributed by atoms with Crippen molar-refractivity contribution < 1.29 is 14.6 Å². The van der Waals surface area contributed by atoms with E-state index in [4.69, 9.17) is 9.84 Å². The van der Waals surface area contributed by atoms with E-state index < -0.39 is 5.97 Å². The minimum atomic E-state index is -0.842. The zero-order valence-corrected chi connectivity index (χ0v) is 12.4. The quantitative estimate of drug-likeness (QED) is 0.696. The van der Waals surface area contributed by atoms with Gasteiger partial charge in [0.1, 0.15) is 5.82 Å². The molecule has 0 aliphatic heterocycles. The van der Waals surface area contributed by atoms with Crippen LogP contribution in [-0.4, -0.2) is 45.3 Å². The number of methoxy groups -OCH3 is 1. The second kappa shape index (κ2) is 8.16. The van der Waals surface area contributed by atoms with E-state index in [2.05, 4.69) is 24.0 Å². The predicted molar refractivity (Wildman–Crippen MR) is 73.4 cm³/mol. The van der Waals surface area contributed by atoms with Crippen LogP contribution in [0.4, 0.5) is 0 Å². The molecule has 1 N–H and O–H groups in total. The molecule has 19 heavy (non-hydrogen) atoms. The van der Waals surface area contributed by atoms with Crippen LogP contribution >= 0.6 is 11.8 Å². The number of hydrogen-bond donors (Lipinski definition) is 1. The minimum Gasteiger partial charge on any atom is -0.481 e. The summed E-state index contributed by atoms with van der Waals surface area (Å²) in [4.78, 5) is 10.6. The topological polar surface area (TPSA) is 77.2 Å². The third-order valence-electron chi connectivity index (χ3n) is 2.55. The van der Waals surface area contributed by atoms with E-state index in [9.17, 15) is 4.79 Å². The summed E-state index contributed by atoms with van der Waals surface area (Å²) in [6.45, 7) is 5.66. The van der Waals surface area contributed by atoms with Crippen molar-refractivity contribution in [3.05, 3.63) is 5.82 Å². The molecule has 1 rings (SSSR count). The first-order valence-corrected chi connectivity index (χ1v) is 7.32. The SMILES string of the molecule is CCCn1c(CC(C)COC)nnc1SCC(=O)O. The molecular formula is C12H21N3O3S.